The number of nitrogens with one attached hydrogen (secondary N) is 2. The Morgan fingerprint density at radius 3 is 2.59 bits per heavy atom. The van der Waals surface area contributed by atoms with E-state index in [4.69, 9.17) is 0 Å². The van der Waals surface area contributed by atoms with Crippen LogP contribution in [0.5, 0.6) is 0 Å². The number of amides is 2. The molecule has 1 saturated heterocycles. The number of carbonyl (C=O) groups is 2. The molecular weight excluding hydrogens is 406 g/mol. The van der Waals surface area contributed by atoms with Gasteiger partial charge in [-0.3, -0.25) is 14.5 Å². The lowest BCUT2D eigenvalue weighted by molar-refractivity contribution is 0.0940. The summed E-state index contributed by atoms with van der Waals surface area (Å²) in [5.41, 5.74) is 1.70. The van der Waals surface area contributed by atoms with E-state index >= 15 is 0 Å². The third-order valence-electron chi connectivity index (χ3n) is 4.87. The standard InChI is InChI=1S/C21H24BrN3O2/c1-2-25-11-5-10-19(25)14-23-20(26)16-7-4-9-18(13-16)24-21(27)15-6-3-8-17(22)12-15/h3-4,6-9,12-13,19H,2,5,10-11,14H2,1H3,(H,23,26)(H,24,27). The number of likely N-dealkylation sites (tertiary alicyclic amines) is 1. The third kappa shape index (κ3) is 5.17. The van der Waals surface area contributed by atoms with Crippen LogP contribution in [0.4, 0.5) is 5.69 Å². The molecule has 142 valence electrons. The lowest BCUT2D eigenvalue weighted by atomic mass is 10.1. The molecule has 1 atom stereocenters. The largest absolute Gasteiger partial charge is 0.350 e. The zero-order valence-electron chi connectivity index (χ0n) is 15.4. The Morgan fingerprint density at radius 1 is 1.11 bits per heavy atom. The molecule has 5 nitrogen and oxygen atoms in total. The fraction of sp³-hybridized carbons (Fsp3) is 0.333. The number of benzene rings is 2. The monoisotopic (exact) mass is 429 g/mol. The second-order valence-electron chi connectivity index (χ2n) is 6.68. The van der Waals surface area contributed by atoms with Gasteiger partial charge in [-0.2, -0.15) is 0 Å². The number of carbonyl (C=O) groups excluding carboxylic acids is 2. The molecule has 2 amide bonds. The summed E-state index contributed by atoms with van der Waals surface area (Å²) >= 11 is 3.36. The highest BCUT2D eigenvalue weighted by Crippen LogP contribution is 2.17. The van der Waals surface area contributed by atoms with Crippen molar-refractivity contribution in [1.29, 1.82) is 0 Å². The Balaban J connectivity index is 1.61. The van der Waals surface area contributed by atoms with Crippen molar-refractivity contribution in [3.63, 3.8) is 0 Å². The van der Waals surface area contributed by atoms with Gasteiger partial charge < -0.3 is 10.6 Å². The van der Waals surface area contributed by atoms with E-state index in [0.717, 1.165) is 24.0 Å². The van der Waals surface area contributed by atoms with Crippen molar-refractivity contribution in [1.82, 2.24) is 10.2 Å². The molecule has 0 bridgehead atoms. The maximum absolute atomic E-state index is 12.5. The summed E-state index contributed by atoms with van der Waals surface area (Å²) in [4.78, 5) is 27.3. The van der Waals surface area contributed by atoms with E-state index < -0.39 is 0 Å². The summed E-state index contributed by atoms with van der Waals surface area (Å²) in [5.74, 6) is -0.324. The van der Waals surface area contributed by atoms with Gasteiger partial charge in [0.05, 0.1) is 0 Å². The van der Waals surface area contributed by atoms with Crippen molar-refractivity contribution < 1.29 is 9.59 Å². The van der Waals surface area contributed by atoms with Crippen molar-refractivity contribution in [3.05, 3.63) is 64.1 Å². The minimum atomic E-state index is -0.210. The predicted molar refractivity (Wildman–Crippen MR) is 111 cm³/mol. The quantitative estimate of drug-likeness (QED) is 0.731. The molecule has 1 heterocycles. The van der Waals surface area contributed by atoms with Crippen LogP contribution in [-0.4, -0.2) is 42.4 Å². The Labute approximate surface area is 168 Å². The highest BCUT2D eigenvalue weighted by Gasteiger charge is 2.23. The van der Waals surface area contributed by atoms with Gasteiger partial charge in [-0.15, -0.1) is 0 Å². The maximum Gasteiger partial charge on any atom is 0.255 e. The van der Waals surface area contributed by atoms with Gasteiger partial charge in [0.15, 0.2) is 0 Å². The molecule has 1 aliphatic rings. The number of likely N-dealkylation sites (N-methyl/N-ethyl adjacent to an activating group) is 1. The van der Waals surface area contributed by atoms with Gasteiger partial charge in [-0.1, -0.05) is 35.0 Å². The van der Waals surface area contributed by atoms with Gasteiger partial charge in [0.2, 0.25) is 0 Å². The average molecular weight is 430 g/mol. The molecule has 1 fully saturated rings. The molecule has 0 saturated carbocycles. The van der Waals surface area contributed by atoms with E-state index in [-0.39, 0.29) is 11.8 Å². The van der Waals surface area contributed by atoms with Crippen LogP contribution in [0, 0.1) is 0 Å². The molecule has 3 rings (SSSR count). The maximum atomic E-state index is 12.5. The first kappa shape index (κ1) is 19.6. The van der Waals surface area contributed by atoms with Crippen LogP contribution in [0.2, 0.25) is 0 Å². The molecule has 0 aromatic heterocycles. The molecule has 1 aliphatic heterocycles. The van der Waals surface area contributed by atoms with Crippen molar-refractivity contribution in [3.8, 4) is 0 Å². The second-order valence-corrected chi connectivity index (χ2v) is 7.60. The van der Waals surface area contributed by atoms with Crippen LogP contribution in [0.25, 0.3) is 0 Å². The molecular formula is C21H24BrN3O2. The normalized spacial score (nSPS) is 16.9. The number of rotatable bonds is 6. The number of halogens is 1. The summed E-state index contributed by atoms with van der Waals surface area (Å²) in [6, 6.07) is 14.6. The van der Waals surface area contributed by atoms with E-state index in [1.807, 2.05) is 12.1 Å². The highest BCUT2D eigenvalue weighted by atomic mass is 79.9. The van der Waals surface area contributed by atoms with Gasteiger partial charge in [-0.25, -0.2) is 0 Å². The first-order valence-electron chi connectivity index (χ1n) is 9.26. The van der Waals surface area contributed by atoms with Gasteiger partial charge in [0.25, 0.3) is 11.8 Å². The zero-order valence-corrected chi connectivity index (χ0v) is 17.0. The smallest absolute Gasteiger partial charge is 0.255 e. The van der Waals surface area contributed by atoms with E-state index in [1.165, 1.54) is 6.42 Å². The van der Waals surface area contributed by atoms with E-state index in [1.54, 1.807) is 36.4 Å². The first-order chi connectivity index (χ1) is 13.1. The van der Waals surface area contributed by atoms with Crippen molar-refractivity contribution in [2.45, 2.75) is 25.8 Å². The molecule has 27 heavy (non-hydrogen) atoms. The summed E-state index contributed by atoms with van der Waals surface area (Å²) in [5, 5.41) is 5.87. The number of hydrogen-bond donors (Lipinski definition) is 2. The van der Waals surface area contributed by atoms with Crippen LogP contribution >= 0.6 is 15.9 Å². The molecule has 2 N–H and O–H groups in total. The number of hydrogen-bond acceptors (Lipinski definition) is 3. The van der Waals surface area contributed by atoms with Gasteiger partial charge in [0, 0.05) is 33.9 Å². The van der Waals surface area contributed by atoms with Gasteiger partial charge in [0.1, 0.15) is 0 Å². The molecule has 1 unspecified atom stereocenters. The van der Waals surface area contributed by atoms with E-state index in [0.29, 0.717) is 29.4 Å². The molecule has 0 aliphatic carbocycles. The molecule has 2 aromatic rings. The number of anilines is 1. The summed E-state index contributed by atoms with van der Waals surface area (Å²) < 4.78 is 0.844. The average Bonchev–Trinajstić information content (AvgIpc) is 3.14. The summed E-state index contributed by atoms with van der Waals surface area (Å²) in [6.07, 6.45) is 2.31. The second kappa shape index (κ2) is 9.15. The van der Waals surface area contributed by atoms with Gasteiger partial charge in [-0.05, 0) is 62.3 Å². The van der Waals surface area contributed by atoms with Crippen LogP contribution in [0.1, 0.15) is 40.5 Å². The summed E-state index contributed by atoms with van der Waals surface area (Å²) in [6.45, 7) is 4.92. The molecule has 0 spiro atoms. The molecule has 6 heteroatoms. The van der Waals surface area contributed by atoms with E-state index in [2.05, 4.69) is 38.4 Å². The zero-order chi connectivity index (χ0) is 19.2. The lowest BCUT2D eigenvalue weighted by Gasteiger charge is -2.22. The van der Waals surface area contributed by atoms with E-state index in [9.17, 15) is 9.59 Å². The third-order valence-corrected chi connectivity index (χ3v) is 5.37. The molecule has 0 radical (unpaired) electrons. The Morgan fingerprint density at radius 2 is 1.85 bits per heavy atom. The first-order valence-corrected chi connectivity index (χ1v) is 10.1. The fourth-order valence-electron chi connectivity index (χ4n) is 3.43. The summed E-state index contributed by atoms with van der Waals surface area (Å²) in [7, 11) is 0. The Hall–Kier alpha value is -2.18. The van der Waals surface area contributed by atoms with Crippen LogP contribution in [-0.2, 0) is 0 Å². The minimum Gasteiger partial charge on any atom is -0.350 e. The number of nitrogens with zero attached hydrogens (tertiary/aromatic N) is 1. The predicted octanol–water partition coefficient (Wildman–Crippen LogP) is 3.92. The van der Waals surface area contributed by atoms with Crippen LogP contribution < -0.4 is 10.6 Å². The highest BCUT2D eigenvalue weighted by molar-refractivity contribution is 9.10. The van der Waals surface area contributed by atoms with Crippen LogP contribution in [0.15, 0.2) is 53.0 Å². The Kier molecular flexibility index (Phi) is 6.63. The lowest BCUT2D eigenvalue weighted by Crippen LogP contribution is -2.40. The minimum absolute atomic E-state index is 0.114. The SMILES string of the molecule is CCN1CCCC1CNC(=O)c1cccc(NC(=O)c2cccc(Br)c2)c1. The van der Waals surface area contributed by atoms with Crippen LogP contribution in [0.3, 0.4) is 0 Å². The Bertz CT molecular complexity index is 825. The fourth-order valence-corrected chi connectivity index (χ4v) is 3.83. The van der Waals surface area contributed by atoms with Crippen molar-refractivity contribution in [2.75, 3.05) is 25.0 Å². The van der Waals surface area contributed by atoms with Crippen molar-refractivity contribution >= 4 is 33.4 Å². The van der Waals surface area contributed by atoms with Crippen molar-refractivity contribution in [2.24, 2.45) is 0 Å². The van der Waals surface area contributed by atoms with Gasteiger partial charge >= 0.3 is 0 Å². The molecule has 2 aromatic carbocycles. The topological polar surface area (TPSA) is 61.4 Å².